The van der Waals surface area contributed by atoms with E-state index in [9.17, 15) is 0 Å². The SMILES string of the molecule is CCCc1c(NC)ncnc1N(CC(C)C)C(CC)CC. The maximum Gasteiger partial charge on any atom is 0.137 e. The molecule has 0 aliphatic heterocycles. The second-order valence-corrected chi connectivity index (χ2v) is 6.04. The zero-order valence-corrected chi connectivity index (χ0v) is 14.6. The number of hydrogen-bond donors (Lipinski definition) is 1. The van der Waals surface area contributed by atoms with Crippen LogP contribution in [0, 0.1) is 5.92 Å². The van der Waals surface area contributed by atoms with E-state index < -0.39 is 0 Å². The Morgan fingerprint density at radius 2 is 1.81 bits per heavy atom. The quantitative estimate of drug-likeness (QED) is 0.743. The van der Waals surface area contributed by atoms with Crippen LogP contribution in [0.5, 0.6) is 0 Å². The van der Waals surface area contributed by atoms with Gasteiger partial charge in [-0.2, -0.15) is 0 Å². The monoisotopic (exact) mass is 292 g/mol. The van der Waals surface area contributed by atoms with Gasteiger partial charge in [0.05, 0.1) is 0 Å². The molecular weight excluding hydrogens is 260 g/mol. The predicted octanol–water partition coefficient (Wildman–Crippen LogP) is 4.12. The number of nitrogens with zero attached hydrogens (tertiary/aromatic N) is 3. The summed E-state index contributed by atoms with van der Waals surface area (Å²) in [4.78, 5) is 11.5. The second-order valence-electron chi connectivity index (χ2n) is 6.04. The van der Waals surface area contributed by atoms with E-state index in [-0.39, 0.29) is 0 Å². The average molecular weight is 292 g/mol. The predicted molar refractivity (Wildman–Crippen MR) is 92.1 cm³/mol. The molecule has 1 heterocycles. The van der Waals surface area contributed by atoms with Crippen molar-refractivity contribution in [1.29, 1.82) is 0 Å². The third-order valence-electron chi connectivity index (χ3n) is 3.88. The van der Waals surface area contributed by atoms with E-state index >= 15 is 0 Å². The number of nitrogens with one attached hydrogen (secondary N) is 1. The van der Waals surface area contributed by atoms with Crippen LogP contribution >= 0.6 is 0 Å². The lowest BCUT2D eigenvalue weighted by Crippen LogP contribution is -2.38. The third-order valence-corrected chi connectivity index (χ3v) is 3.88. The molecule has 4 nitrogen and oxygen atoms in total. The average Bonchev–Trinajstić information content (AvgIpc) is 2.47. The van der Waals surface area contributed by atoms with Gasteiger partial charge in [-0.3, -0.25) is 0 Å². The molecule has 0 saturated carbocycles. The van der Waals surface area contributed by atoms with Crippen molar-refractivity contribution in [3.63, 3.8) is 0 Å². The molecule has 0 atom stereocenters. The molecule has 1 aromatic rings. The molecule has 0 aliphatic carbocycles. The molecule has 1 aromatic heterocycles. The first kappa shape index (κ1) is 17.7. The van der Waals surface area contributed by atoms with Crippen LogP contribution in [0.1, 0.15) is 59.4 Å². The molecule has 1 N–H and O–H groups in total. The Morgan fingerprint density at radius 3 is 2.29 bits per heavy atom. The molecule has 1 rings (SSSR count). The van der Waals surface area contributed by atoms with Crippen molar-refractivity contribution in [3.8, 4) is 0 Å². The second kappa shape index (κ2) is 8.85. The molecule has 0 aliphatic rings. The molecule has 21 heavy (non-hydrogen) atoms. The van der Waals surface area contributed by atoms with Gasteiger partial charge < -0.3 is 10.2 Å². The zero-order valence-electron chi connectivity index (χ0n) is 14.6. The van der Waals surface area contributed by atoms with Gasteiger partial charge in [0, 0.05) is 25.2 Å². The van der Waals surface area contributed by atoms with Gasteiger partial charge in [-0.15, -0.1) is 0 Å². The first-order valence-electron chi connectivity index (χ1n) is 8.37. The molecule has 120 valence electrons. The molecule has 0 saturated heterocycles. The molecular formula is C17H32N4. The van der Waals surface area contributed by atoms with E-state index in [0.717, 1.165) is 43.9 Å². The van der Waals surface area contributed by atoms with Gasteiger partial charge in [0.2, 0.25) is 0 Å². The van der Waals surface area contributed by atoms with Crippen molar-refractivity contribution in [3.05, 3.63) is 11.9 Å². The highest BCUT2D eigenvalue weighted by Gasteiger charge is 2.22. The minimum absolute atomic E-state index is 0.544. The van der Waals surface area contributed by atoms with Gasteiger partial charge in [-0.25, -0.2) is 9.97 Å². The fourth-order valence-corrected chi connectivity index (χ4v) is 2.88. The lowest BCUT2D eigenvalue weighted by molar-refractivity contribution is 0.501. The van der Waals surface area contributed by atoms with E-state index in [4.69, 9.17) is 0 Å². The highest BCUT2D eigenvalue weighted by Crippen LogP contribution is 2.28. The first-order valence-corrected chi connectivity index (χ1v) is 8.37. The smallest absolute Gasteiger partial charge is 0.137 e. The van der Waals surface area contributed by atoms with Crippen molar-refractivity contribution < 1.29 is 0 Å². The van der Waals surface area contributed by atoms with E-state index in [0.29, 0.717) is 12.0 Å². The van der Waals surface area contributed by atoms with E-state index in [1.165, 1.54) is 5.56 Å². The van der Waals surface area contributed by atoms with Crippen LogP contribution in [-0.2, 0) is 6.42 Å². The molecule has 4 heteroatoms. The molecule has 0 amide bonds. The molecule has 0 fully saturated rings. The minimum Gasteiger partial charge on any atom is -0.373 e. The zero-order chi connectivity index (χ0) is 15.8. The fraction of sp³-hybridized carbons (Fsp3) is 0.765. The molecule has 0 radical (unpaired) electrons. The fourth-order valence-electron chi connectivity index (χ4n) is 2.88. The first-order chi connectivity index (χ1) is 10.1. The van der Waals surface area contributed by atoms with Gasteiger partial charge in [0.1, 0.15) is 18.0 Å². The van der Waals surface area contributed by atoms with Crippen molar-refractivity contribution in [2.24, 2.45) is 5.92 Å². The summed E-state index contributed by atoms with van der Waals surface area (Å²) >= 11 is 0. The van der Waals surface area contributed by atoms with Gasteiger partial charge >= 0.3 is 0 Å². The van der Waals surface area contributed by atoms with Crippen molar-refractivity contribution in [2.75, 3.05) is 23.8 Å². The molecule has 0 unspecified atom stereocenters. The third kappa shape index (κ3) is 4.58. The van der Waals surface area contributed by atoms with Gasteiger partial charge in [0.15, 0.2) is 0 Å². The Bertz CT molecular complexity index is 413. The Kier molecular flexibility index (Phi) is 7.48. The highest BCUT2D eigenvalue weighted by atomic mass is 15.2. The Labute approximate surface area is 130 Å². The lowest BCUT2D eigenvalue weighted by atomic mass is 10.0. The standard InChI is InChI=1S/C17H32N4/c1-7-10-15-16(18-6)19-12-20-17(15)21(11-13(4)5)14(8-2)9-3/h12-14H,7-11H2,1-6H3,(H,18,19,20). The van der Waals surface area contributed by atoms with Crippen LogP contribution in [0.2, 0.25) is 0 Å². The highest BCUT2D eigenvalue weighted by molar-refractivity contribution is 5.59. The minimum atomic E-state index is 0.544. The van der Waals surface area contributed by atoms with Crippen LogP contribution in [0.15, 0.2) is 6.33 Å². The van der Waals surface area contributed by atoms with Gasteiger partial charge in [-0.05, 0) is 25.2 Å². The molecule has 0 aromatic carbocycles. The maximum atomic E-state index is 4.65. The Hall–Kier alpha value is -1.32. The van der Waals surface area contributed by atoms with Crippen LogP contribution in [-0.4, -0.2) is 29.6 Å². The topological polar surface area (TPSA) is 41.1 Å². The summed E-state index contributed by atoms with van der Waals surface area (Å²) < 4.78 is 0. The number of rotatable bonds is 9. The summed E-state index contributed by atoms with van der Waals surface area (Å²) in [7, 11) is 1.94. The molecule has 0 bridgehead atoms. The number of hydrogen-bond acceptors (Lipinski definition) is 4. The summed E-state index contributed by atoms with van der Waals surface area (Å²) in [6.07, 6.45) is 6.10. The lowest BCUT2D eigenvalue weighted by Gasteiger charge is -2.34. The Balaban J connectivity index is 3.27. The number of aromatic nitrogens is 2. The summed E-state index contributed by atoms with van der Waals surface area (Å²) in [6, 6.07) is 0.544. The van der Waals surface area contributed by atoms with Crippen LogP contribution in [0.25, 0.3) is 0 Å². The maximum absolute atomic E-state index is 4.65. The summed E-state index contributed by atoms with van der Waals surface area (Å²) in [5.41, 5.74) is 1.26. The van der Waals surface area contributed by atoms with Crippen molar-refractivity contribution in [1.82, 2.24) is 9.97 Å². The van der Waals surface area contributed by atoms with Crippen LogP contribution < -0.4 is 10.2 Å². The van der Waals surface area contributed by atoms with Crippen molar-refractivity contribution in [2.45, 2.75) is 66.3 Å². The van der Waals surface area contributed by atoms with Crippen LogP contribution in [0.4, 0.5) is 11.6 Å². The van der Waals surface area contributed by atoms with Gasteiger partial charge in [-0.1, -0.05) is 41.0 Å². The van der Waals surface area contributed by atoms with E-state index in [1.54, 1.807) is 6.33 Å². The molecule has 0 spiro atoms. The summed E-state index contributed by atoms with van der Waals surface area (Å²) in [5, 5.41) is 3.23. The summed E-state index contributed by atoms with van der Waals surface area (Å²) in [6.45, 7) is 12.3. The largest absolute Gasteiger partial charge is 0.373 e. The Morgan fingerprint density at radius 1 is 1.14 bits per heavy atom. The van der Waals surface area contributed by atoms with Crippen LogP contribution in [0.3, 0.4) is 0 Å². The van der Waals surface area contributed by atoms with Gasteiger partial charge in [0.25, 0.3) is 0 Å². The van der Waals surface area contributed by atoms with Crippen molar-refractivity contribution >= 4 is 11.6 Å². The van der Waals surface area contributed by atoms with E-state index in [1.807, 2.05) is 7.05 Å². The summed E-state index contributed by atoms with van der Waals surface area (Å²) in [5.74, 6) is 2.72. The van der Waals surface area contributed by atoms with E-state index in [2.05, 4.69) is 54.8 Å². The number of anilines is 2. The normalized spacial score (nSPS) is 11.2.